The summed E-state index contributed by atoms with van der Waals surface area (Å²) in [7, 11) is -1.05. The van der Waals surface area contributed by atoms with Gasteiger partial charge in [-0.15, -0.1) is 0 Å². The minimum Gasteiger partial charge on any atom is -0.280 e. The van der Waals surface area contributed by atoms with Crippen LogP contribution in [-0.2, 0) is 14.9 Å². The molecule has 0 saturated heterocycles. The Morgan fingerprint density at radius 3 is 2.52 bits per heavy atom. The van der Waals surface area contributed by atoms with Crippen molar-refractivity contribution in [2.24, 2.45) is 0 Å². The van der Waals surface area contributed by atoms with Gasteiger partial charge in [0.05, 0.1) is 17.7 Å². The Kier molecular flexibility index (Phi) is 5.25. The second-order valence-corrected chi connectivity index (χ2v) is 6.75. The number of halogens is 1. The molecule has 0 bridgehead atoms. The number of carbonyl (C=O) groups excluding carboxylic acids is 1. The molecule has 0 atom stereocenters. The van der Waals surface area contributed by atoms with Crippen molar-refractivity contribution < 1.29 is 18.0 Å². The van der Waals surface area contributed by atoms with E-state index in [1.165, 1.54) is 44.5 Å². The van der Waals surface area contributed by atoms with Gasteiger partial charge in [0, 0.05) is 17.6 Å². The van der Waals surface area contributed by atoms with E-state index in [-0.39, 0.29) is 10.5 Å². The molecule has 0 aromatic heterocycles. The third-order valence-electron chi connectivity index (χ3n) is 3.03. The smallest absolute Gasteiger partial charge is 0.277 e. The fourth-order valence-electron chi connectivity index (χ4n) is 1.83. The summed E-state index contributed by atoms with van der Waals surface area (Å²) in [6.45, 7) is 0. The molecule has 0 saturated carbocycles. The molecular formula is C15H15ClN2O4S. The first kappa shape index (κ1) is 17.3. The van der Waals surface area contributed by atoms with E-state index in [1.807, 2.05) is 0 Å². The molecule has 0 aliphatic heterocycles. The maximum atomic E-state index is 12.4. The maximum absolute atomic E-state index is 12.4. The highest BCUT2D eigenvalue weighted by molar-refractivity contribution is 7.92. The number of benzene rings is 2. The SMILES string of the molecule is CON(C)C(=O)c1cccc(S(=O)(=O)Nc2cccc(Cl)c2)c1. The molecule has 0 radical (unpaired) electrons. The van der Waals surface area contributed by atoms with Gasteiger partial charge in [0.15, 0.2) is 0 Å². The van der Waals surface area contributed by atoms with Crippen LogP contribution in [0.25, 0.3) is 0 Å². The van der Waals surface area contributed by atoms with Gasteiger partial charge in [-0.25, -0.2) is 13.5 Å². The number of amides is 1. The van der Waals surface area contributed by atoms with Gasteiger partial charge in [-0.05, 0) is 36.4 Å². The van der Waals surface area contributed by atoms with Crippen molar-refractivity contribution >= 4 is 33.2 Å². The lowest BCUT2D eigenvalue weighted by atomic mass is 10.2. The van der Waals surface area contributed by atoms with Gasteiger partial charge in [-0.3, -0.25) is 14.4 Å². The highest BCUT2D eigenvalue weighted by Gasteiger charge is 2.18. The second-order valence-electron chi connectivity index (χ2n) is 4.63. The number of hydrogen-bond donors (Lipinski definition) is 1. The molecule has 0 spiro atoms. The first-order chi connectivity index (χ1) is 10.8. The van der Waals surface area contributed by atoms with E-state index < -0.39 is 15.9 Å². The van der Waals surface area contributed by atoms with Crippen molar-refractivity contribution in [1.82, 2.24) is 5.06 Å². The molecule has 23 heavy (non-hydrogen) atoms. The molecule has 0 aliphatic rings. The van der Waals surface area contributed by atoms with E-state index in [0.717, 1.165) is 5.06 Å². The van der Waals surface area contributed by atoms with Gasteiger partial charge in [0.1, 0.15) is 0 Å². The second kappa shape index (κ2) is 6.99. The van der Waals surface area contributed by atoms with Crippen molar-refractivity contribution in [2.45, 2.75) is 4.90 Å². The van der Waals surface area contributed by atoms with Gasteiger partial charge in [0.25, 0.3) is 15.9 Å². The highest BCUT2D eigenvalue weighted by atomic mass is 35.5. The quantitative estimate of drug-likeness (QED) is 0.838. The Hall–Kier alpha value is -2.09. The summed E-state index contributed by atoms with van der Waals surface area (Å²) in [5, 5.41) is 1.42. The van der Waals surface area contributed by atoms with Crippen LogP contribution in [0.1, 0.15) is 10.4 Å². The van der Waals surface area contributed by atoms with Crippen LogP contribution >= 0.6 is 11.6 Å². The zero-order valence-corrected chi connectivity index (χ0v) is 14.1. The third kappa shape index (κ3) is 4.22. The summed E-state index contributed by atoms with van der Waals surface area (Å²) in [6, 6.07) is 12.0. The number of nitrogens with one attached hydrogen (secondary N) is 1. The average molecular weight is 355 g/mol. The minimum atomic E-state index is -3.84. The zero-order chi connectivity index (χ0) is 17.0. The van der Waals surface area contributed by atoms with Crippen LogP contribution < -0.4 is 4.72 Å². The number of sulfonamides is 1. The van der Waals surface area contributed by atoms with Crippen LogP contribution in [0, 0.1) is 0 Å². The number of hydroxylamine groups is 2. The lowest BCUT2D eigenvalue weighted by Gasteiger charge is -2.14. The van der Waals surface area contributed by atoms with Gasteiger partial charge < -0.3 is 0 Å². The highest BCUT2D eigenvalue weighted by Crippen LogP contribution is 2.20. The Morgan fingerprint density at radius 1 is 1.17 bits per heavy atom. The van der Waals surface area contributed by atoms with E-state index in [1.54, 1.807) is 18.2 Å². The Labute approximate surface area is 139 Å². The lowest BCUT2D eigenvalue weighted by molar-refractivity contribution is -0.0757. The molecule has 0 heterocycles. The van der Waals surface area contributed by atoms with Crippen molar-refractivity contribution in [1.29, 1.82) is 0 Å². The van der Waals surface area contributed by atoms with Crippen molar-refractivity contribution in [3.8, 4) is 0 Å². The molecular weight excluding hydrogens is 340 g/mol. The number of hydrogen-bond acceptors (Lipinski definition) is 4. The Morgan fingerprint density at radius 2 is 1.87 bits per heavy atom. The van der Waals surface area contributed by atoms with E-state index in [0.29, 0.717) is 10.7 Å². The summed E-state index contributed by atoms with van der Waals surface area (Å²) < 4.78 is 27.2. The standard InChI is InChI=1S/C15H15ClN2O4S/c1-18(22-2)15(19)11-5-3-8-14(9-11)23(20,21)17-13-7-4-6-12(16)10-13/h3-10,17H,1-2H3. The van der Waals surface area contributed by atoms with E-state index in [2.05, 4.69) is 4.72 Å². The normalized spacial score (nSPS) is 11.1. The molecule has 0 fully saturated rings. The molecule has 1 N–H and O–H groups in total. The van der Waals surface area contributed by atoms with Crippen molar-refractivity contribution in [2.75, 3.05) is 18.9 Å². The molecule has 0 aliphatic carbocycles. The van der Waals surface area contributed by atoms with Crippen molar-refractivity contribution in [3.63, 3.8) is 0 Å². The van der Waals surface area contributed by atoms with E-state index in [4.69, 9.17) is 16.4 Å². The maximum Gasteiger partial charge on any atom is 0.277 e. The van der Waals surface area contributed by atoms with Gasteiger partial charge in [0.2, 0.25) is 0 Å². The van der Waals surface area contributed by atoms with Gasteiger partial charge in [-0.2, -0.15) is 0 Å². The molecule has 2 rings (SSSR count). The summed E-state index contributed by atoms with van der Waals surface area (Å²) in [6.07, 6.45) is 0. The van der Waals surface area contributed by atoms with E-state index in [9.17, 15) is 13.2 Å². The first-order valence-electron chi connectivity index (χ1n) is 6.54. The predicted molar refractivity (Wildman–Crippen MR) is 87.8 cm³/mol. The minimum absolute atomic E-state index is 0.0344. The largest absolute Gasteiger partial charge is 0.280 e. The topological polar surface area (TPSA) is 75.7 Å². The first-order valence-corrected chi connectivity index (χ1v) is 8.40. The number of carbonyl (C=O) groups is 1. The van der Waals surface area contributed by atoms with Crippen molar-refractivity contribution in [3.05, 3.63) is 59.1 Å². The molecule has 8 heteroatoms. The van der Waals surface area contributed by atoms with Crippen LogP contribution in [0.3, 0.4) is 0 Å². The fraction of sp³-hybridized carbons (Fsp3) is 0.133. The van der Waals surface area contributed by atoms with Crippen LogP contribution in [0.4, 0.5) is 5.69 Å². The molecule has 1 amide bonds. The Balaban J connectivity index is 2.32. The Bertz CT molecular complexity index is 824. The average Bonchev–Trinajstić information content (AvgIpc) is 2.53. The van der Waals surface area contributed by atoms with Crippen LogP contribution in [0.2, 0.25) is 5.02 Å². The molecule has 0 unspecified atom stereocenters. The number of nitrogens with zero attached hydrogens (tertiary/aromatic N) is 1. The summed E-state index contributed by atoms with van der Waals surface area (Å²) in [5.41, 5.74) is 0.534. The number of rotatable bonds is 5. The summed E-state index contributed by atoms with van der Waals surface area (Å²) >= 11 is 5.84. The van der Waals surface area contributed by atoms with Gasteiger partial charge in [-0.1, -0.05) is 23.7 Å². The molecule has 122 valence electrons. The lowest BCUT2D eigenvalue weighted by Crippen LogP contribution is -2.25. The van der Waals surface area contributed by atoms with Crippen LogP contribution in [0.5, 0.6) is 0 Å². The fourth-order valence-corrected chi connectivity index (χ4v) is 3.11. The number of anilines is 1. The van der Waals surface area contributed by atoms with Crippen LogP contribution in [0.15, 0.2) is 53.4 Å². The summed E-state index contributed by atoms with van der Waals surface area (Å²) in [5.74, 6) is -0.452. The predicted octanol–water partition coefficient (Wildman–Crippen LogP) is 2.77. The zero-order valence-electron chi connectivity index (χ0n) is 12.5. The molecule has 2 aromatic carbocycles. The van der Waals surface area contributed by atoms with Crippen LogP contribution in [-0.4, -0.2) is 33.5 Å². The third-order valence-corrected chi connectivity index (χ3v) is 4.64. The molecule has 2 aromatic rings. The van der Waals surface area contributed by atoms with Gasteiger partial charge >= 0.3 is 0 Å². The van der Waals surface area contributed by atoms with E-state index >= 15 is 0 Å². The monoisotopic (exact) mass is 354 g/mol. The molecule has 6 nitrogen and oxygen atoms in total. The summed E-state index contributed by atoms with van der Waals surface area (Å²) in [4.78, 5) is 16.8.